The Morgan fingerprint density at radius 2 is 2.38 bits per heavy atom. The van der Waals surface area contributed by atoms with E-state index in [1.165, 1.54) is 6.92 Å². The summed E-state index contributed by atoms with van der Waals surface area (Å²) in [5.41, 5.74) is 0. The van der Waals surface area contributed by atoms with E-state index in [0.29, 0.717) is 6.29 Å². The van der Waals surface area contributed by atoms with Gasteiger partial charge in [-0.1, -0.05) is 0 Å². The molecule has 0 atom stereocenters. The van der Waals surface area contributed by atoms with Crippen LogP contribution in [0.1, 0.15) is 6.92 Å². The van der Waals surface area contributed by atoms with Crippen LogP contribution in [0.15, 0.2) is 0 Å². The SMILES string of the molecule is CC(=O)OOCC=O. The zero-order valence-electron chi connectivity index (χ0n) is 4.42. The first-order valence-electron chi connectivity index (χ1n) is 2.01. The number of hydrogen-bond acceptors (Lipinski definition) is 4. The fraction of sp³-hybridized carbons (Fsp3) is 0.500. The molecule has 0 N–H and O–H groups in total. The van der Waals surface area contributed by atoms with Gasteiger partial charge in [0, 0.05) is 6.92 Å². The minimum absolute atomic E-state index is 0.209. The van der Waals surface area contributed by atoms with Crippen molar-refractivity contribution in [2.45, 2.75) is 6.92 Å². The average Bonchev–Trinajstić information content (AvgIpc) is 1.66. The second-order valence-corrected chi connectivity index (χ2v) is 1.03. The van der Waals surface area contributed by atoms with Crippen molar-refractivity contribution in [1.29, 1.82) is 0 Å². The maximum Gasteiger partial charge on any atom is 0.339 e. The zero-order valence-corrected chi connectivity index (χ0v) is 4.42. The summed E-state index contributed by atoms with van der Waals surface area (Å²) in [6, 6.07) is 0. The van der Waals surface area contributed by atoms with Gasteiger partial charge in [0.25, 0.3) is 0 Å². The van der Waals surface area contributed by atoms with Crippen molar-refractivity contribution in [2.75, 3.05) is 6.61 Å². The molecule has 0 aromatic heterocycles. The van der Waals surface area contributed by atoms with Crippen LogP contribution in [0, 0.1) is 0 Å². The van der Waals surface area contributed by atoms with Crippen molar-refractivity contribution in [3.63, 3.8) is 0 Å². The van der Waals surface area contributed by atoms with Crippen molar-refractivity contribution < 1.29 is 19.4 Å². The van der Waals surface area contributed by atoms with E-state index in [1.807, 2.05) is 0 Å². The van der Waals surface area contributed by atoms with Gasteiger partial charge < -0.3 is 4.79 Å². The largest absolute Gasteiger partial charge is 0.339 e. The smallest absolute Gasteiger partial charge is 0.301 e. The van der Waals surface area contributed by atoms with Crippen LogP contribution in [0.3, 0.4) is 0 Å². The molecule has 0 unspecified atom stereocenters. The average molecular weight is 118 g/mol. The first kappa shape index (κ1) is 7.10. The first-order chi connectivity index (χ1) is 3.77. The van der Waals surface area contributed by atoms with E-state index >= 15 is 0 Å². The second-order valence-electron chi connectivity index (χ2n) is 1.03. The Labute approximate surface area is 46.3 Å². The molecule has 0 aliphatic rings. The van der Waals surface area contributed by atoms with Gasteiger partial charge in [-0.25, -0.2) is 4.79 Å². The lowest BCUT2D eigenvalue weighted by Crippen LogP contribution is -2.01. The predicted molar refractivity (Wildman–Crippen MR) is 23.8 cm³/mol. The van der Waals surface area contributed by atoms with Gasteiger partial charge in [0.1, 0.15) is 12.9 Å². The molecule has 0 aromatic carbocycles. The minimum Gasteiger partial charge on any atom is -0.301 e. The molecule has 0 heterocycles. The molecule has 0 saturated carbocycles. The number of aldehydes is 1. The fourth-order valence-electron chi connectivity index (χ4n) is 0.145. The van der Waals surface area contributed by atoms with Crippen LogP contribution in [-0.2, 0) is 19.4 Å². The van der Waals surface area contributed by atoms with Crippen molar-refractivity contribution in [3.05, 3.63) is 0 Å². The van der Waals surface area contributed by atoms with Crippen LogP contribution >= 0.6 is 0 Å². The van der Waals surface area contributed by atoms with Gasteiger partial charge in [0.2, 0.25) is 0 Å². The van der Waals surface area contributed by atoms with Gasteiger partial charge in [-0.2, -0.15) is 4.89 Å². The molecule has 0 rings (SSSR count). The Hall–Kier alpha value is -0.900. The van der Waals surface area contributed by atoms with Gasteiger partial charge >= 0.3 is 5.97 Å². The van der Waals surface area contributed by atoms with E-state index in [-0.39, 0.29) is 6.61 Å². The molecule has 0 radical (unpaired) electrons. The lowest BCUT2D eigenvalue weighted by Gasteiger charge is -1.92. The number of rotatable bonds is 3. The van der Waals surface area contributed by atoms with Crippen LogP contribution in [0.5, 0.6) is 0 Å². The Kier molecular flexibility index (Phi) is 3.78. The summed E-state index contributed by atoms with van der Waals surface area (Å²) in [7, 11) is 0. The summed E-state index contributed by atoms with van der Waals surface area (Å²) in [6.07, 6.45) is 0.489. The Morgan fingerprint density at radius 1 is 1.75 bits per heavy atom. The molecule has 4 nitrogen and oxygen atoms in total. The number of carbonyl (C=O) groups excluding carboxylic acids is 2. The molecule has 46 valence electrons. The minimum atomic E-state index is -0.563. The first-order valence-corrected chi connectivity index (χ1v) is 2.01. The molecule has 4 heteroatoms. The maximum atomic E-state index is 9.86. The van der Waals surface area contributed by atoms with Crippen molar-refractivity contribution in [1.82, 2.24) is 0 Å². The van der Waals surface area contributed by atoms with Crippen LogP contribution in [0.4, 0.5) is 0 Å². The van der Waals surface area contributed by atoms with Gasteiger partial charge in [-0.15, -0.1) is 0 Å². The number of carbonyl (C=O) groups is 2. The molecule has 0 aliphatic heterocycles. The Bertz CT molecular complexity index is 88.0. The normalized spacial score (nSPS) is 8.12. The highest BCUT2D eigenvalue weighted by atomic mass is 17.2. The van der Waals surface area contributed by atoms with E-state index in [1.54, 1.807) is 0 Å². The van der Waals surface area contributed by atoms with Crippen molar-refractivity contribution >= 4 is 12.3 Å². The molecular weight excluding hydrogens is 112 g/mol. The van der Waals surface area contributed by atoms with Gasteiger partial charge in [-0.05, 0) is 0 Å². The van der Waals surface area contributed by atoms with Gasteiger partial charge in [0.15, 0.2) is 0 Å². The van der Waals surface area contributed by atoms with Crippen LogP contribution in [0.25, 0.3) is 0 Å². The molecular formula is C4H6O4. The van der Waals surface area contributed by atoms with Crippen LogP contribution in [-0.4, -0.2) is 18.9 Å². The summed E-state index contributed by atoms with van der Waals surface area (Å²) >= 11 is 0. The van der Waals surface area contributed by atoms with Crippen LogP contribution < -0.4 is 0 Å². The van der Waals surface area contributed by atoms with Gasteiger partial charge in [-0.3, -0.25) is 4.89 Å². The molecule has 0 spiro atoms. The van der Waals surface area contributed by atoms with Gasteiger partial charge in [0.05, 0.1) is 0 Å². The van der Waals surface area contributed by atoms with E-state index in [4.69, 9.17) is 0 Å². The van der Waals surface area contributed by atoms with E-state index in [9.17, 15) is 9.59 Å². The molecule has 0 bridgehead atoms. The third kappa shape index (κ3) is 5.10. The summed E-state index contributed by atoms with van der Waals surface area (Å²) in [5.74, 6) is -0.563. The molecule has 0 saturated heterocycles. The van der Waals surface area contributed by atoms with E-state index < -0.39 is 5.97 Å². The molecule has 0 amide bonds. The summed E-state index contributed by atoms with van der Waals surface area (Å²) < 4.78 is 0. The Morgan fingerprint density at radius 3 is 2.75 bits per heavy atom. The summed E-state index contributed by atoms with van der Waals surface area (Å²) in [4.78, 5) is 27.3. The highest BCUT2D eigenvalue weighted by Crippen LogP contribution is 1.74. The topological polar surface area (TPSA) is 52.6 Å². The van der Waals surface area contributed by atoms with E-state index in [0.717, 1.165) is 0 Å². The lowest BCUT2D eigenvalue weighted by atomic mass is 10.8. The highest BCUT2D eigenvalue weighted by molar-refractivity contribution is 5.65. The maximum absolute atomic E-state index is 9.86. The number of hydrogen-bond donors (Lipinski definition) is 0. The third-order valence-electron chi connectivity index (χ3n) is 0.312. The molecule has 0 fully saturated rings. The molecule has 8 heavy (non-hydrogen) atoms. The zero-order chi connectivity index (χ0) is 6.41. The third-order valence-corrected chi connectivity index (χ3v) is 0.312. The fourth-order valence-corrected chi connectivity index (χ4v) is 0.145. The highest BCUT2D eigenvalue weighted by Gasteiger charge is 1.89. The molecule has 0 aliphatic carbocycles. The van der Waals surface area contributed by atoms with E-state index in [2.05, 4.69) is 9.78 Å². The lowest BCUT2D eigenvalue weighted by molar-refractivity contribution is -0.264. The van der Waals surface area contributed by atoms with Crippen molar-refractivity contribution in [2.24, 2.45) is 0 Å². The van der Waals surface area contributed by atoms with Crippen molar-refractivity contribution in [3.8, 4) is 0 Å². The predicted octanol–water partition coefficient (Wildman–Crippen LogP) is -0.320. The molecule has 0 aromatic rings. The second kappa shape index (κ2) is 4.26. The quantitative estimate of drug-likeness (QED) is 0.220. The van der Waals surface area contributed by atoms with Crippen LogP contribution in [0.2, 0.25) is 0 Å². The summed E-state index contributed by atoms with van der Waals surface area (Å²) in [5, 5.41) is 0. The standard InChI is InChI=1S/C4H6O4/c1-4(6)8-7-3-2-5/h2H,3H2,1H3. The monoisotopic (exact) mass is 118 g/mol. The summed E-state index contributed by atoms with van der Waals surface area (Å²) in [6.45, 7) is 0.977. The Balaban J connectivity index is 2.93.